The summed E-state index contributed by atoms with van der Waals surface area (Å²) in [4.78, 5) is 10.4. The fraction of sp³-hybridized carbons (Fsp3) is 0. The zero-order valence-electron chi connectivity index (χ0n) is 5.88. The Kier molecular flexibility index (Phi) is 2.60. The van der Waals surface area contributed by atoms with Crippen LogP contribution in [0.1, 0.15) is 15.9 Å². The lowest BCUT2D eigenvalue weighted by Crippen LogP contribution is -1.81. The fourth-order valence-electron chi connectivity index (χ4n) is 0.822. The molecular formula is C9H7BrO. The molecule has 1 aromatic rings. The van der Waals surface area contributed by atoms with Crippen LogP contribution < -0.4 is 0 Å². The molecule has 0 saturated heterocycles. The van der Waals surface area contributed by atoms with Crippen molar-refractivity contribution in [2.24, 2.45) is 0 Å². The van der Waals surface area contributed by atoms with Gasteiger partial charge in [0.2, 0.25) is 0 Å². The highest BCUT2D eigenvalue weighted by Gasteiger charge is 1.94. The van der Waals surface area contributed by atoms with Gasteiger partial charge in [0.15, 0.2) is 0 Å². The number of aldehydes is 1. The number of hydrogen-bond donors (Lipinski definition) is 0. The van der Waals surface area contributed by atoms with Crippen molar-refractivity contribution in [3.63, 3.8) is 0 Å². The van der Waals surface area contributed by atoms with Crippen LogP contribution >= 0.6 is 15.9 Å². The largest absolute Gasteiger partial charge is 0.298 e. The summed E-state index contributed by atoms with van der Waals surface area (Å²) >= 11 is 3.29. The number of rotatable bonds is 2. The van der Waals surface area contributed by atoms with Gasteiger partial charge in [-0.2, -0.15) is 0 Å². The summed E-state index contributed by atoms with van der Waals surface area (Å²) < 4.78 is 0.900. The molecule has 0 saturated carbocycles. The Hall–Kier alpha value is -0.890. The van der Waals surface area contributed by atoms with Crippen LogP contribution in [0.4, 0.5) is 0 Å². The summed E-state index contributed by atoms with van der Waals surface area (Å²) in [5.74, 6) is 0. The zero-order chi connectivity index (χ0) is 8.27. The van der Waals surface area contributed by atoms with Gasteiger partial charge in [-0.25, -0.2) is 0 Å². The number of halogens is 1. The third-order valence-electron chi connectivity index (χ3n) is 1.31. The third-order valence-corrected chi connectivity index (χ3v) is 1.77. The Labute approximate surface area is 73.9 Å². The van der Waals surface area contributed by atoms with Crippen molar-refractivity contribution in [3.05, 3.63) is 40.4 Å². The first-order valence-corrected chi connectivity index (χ1v) is 3.94. The van der Waals surface area contributed by atoms with Crippen molar-refractivity contribution in [1.29, 1.82) is 0 Å². The van der Waals surface area contributed by atoms with Gasteiger partial charge < -0.3 is 0 Å². The maximum absolute atomic E-state index is 10.4. The molecule has 1 aromatic carbocycles. The molecule has 0 aliphatic carbocycles. The molecule has 0 aliphatic rings. The van der Waals surface area contributed by atoms with Gasteiger partial charge in [-0.3, -0.25) is 4.79 Å². The van der Waals surface area contributed by atoms with Gasteiger partial charge >= 0.3 is 0 Å². The Balaban J connectivity index is 3.21. The zero-order valence-corrected chi connectivity index (χ0v) is 7.47. The van der Waals surface area contributed by atoms with E-state index in [1.807, 2.05) is 6.07 Å². The van der Waals surface area contributed by atoms with Gasteiger partial charge in [-0.15, -0.1) is 0 Å². The van der Waals surface area contributed by atoms with Crippen molar-refractivity contribution < 1.29 is 4.79 Å². The number of hydrogen-bond acceptors (Lipinski definition) is 1. The monoisotopic (exact) mass is 210 g/mol. The summed E-state index contributed by atoms with van der Waals surface area (Å²) in [6.07, 6.45) is 2.52. The quantitative estimate of drug-likeness (QED) is 0.687. The molecule has 0 amide bonds. The van der Waals surface area contributed by atoms with Crippen molar-refractivity contribution in [2.75, 3.05) is 0 Å². The van der Waals surface area contributed by atoms with Crippen LogP contribution in [0.15, 0.2) is 29.3 Å². The van der Waals surface area contributed by atoms with Crippen LogP contribution in [0.2, 0.25) is 0 Å². The van der Waals surface area contributed by atoms with E-state index in [4.69, 9.17) is 0 Å². The van der Waals surface area contributed by atoms with Crippen LogP contribution in [0.25, 0.3) is 6.08 Å². The second kappa shape index (κ2) is 3.49. The van der Waals surface area contributed by atoms with Crippen molar-refractivity contribution in [2.45, 2.75) is 0 Å². The lowest BCUT2D eigenvalue weighted by Gasteiger charge is -1.96. The predicted octanol–water partition coefficient (Wildman–Crippen LogP) is 2.90. The van der Waals surface area contributed by atoms with Crippen molar-refractivity contribution >= 4 is 28.3 Å². The Morgan fingerprint density at radius 1 is 1.27 bits per heavy atom. The van der Waals surface area contributed by atoms with Gasteiger partial charge in [0, 0.05) is 10.0 Å². The Morgan fingerprint density at radius 2 is 1.91 bits per heavy atom. The summed E-state index contributed by atoms with van der Waals surface area (Å²) in [5.41, 5.74) is 1.61. The number of carbonyl (C=O) groups is 1. The van der Waals surface area contributed by atoms with Gasteiger partial charge in [-0.05, 0) is 23.8 Å². The molecule has 0 aromatic heterocycles. The van der Waals surface area contributed by atoms with Gasteiger partial charge in [-0.1, -0.05) is 28.6 Å². The molecule has 0 heterocycles. The van der Waals surface area contributed by atoms with E-state index >= 15 is 0 Å². The molecule has 1 nitrogen and oxygen atoms in total. The van der Waals surface area contributed by atoms with E-state index < -0.39 is 0 Å². The van der Waals surface area contributed by atoms with Crippen LogP contribution in [0, 0.1) is 0 Å². The normalized spacial score (nSPS) is 9.18. The molecule has 0 atom stereocenters. The number of carbonyl (C=O) groups excluding carboxylic acids is 1. The minimum atomic E-state index is 0.661. The Bertz CT molecular complexity index is 265. The molecule has 0 radical (unpaired) electrons. The molecule has 0 spiro atoms. The molecule has 0 N–H and O–H groups in total. The molecule has 2 heteroatoms. The minimum absolute atomic E-state index is 0.661. The van der Waals surface area contributed by atoms with Crippen molar-refractivity contribution in [1.82, 2.24) is 0 Å². The van der Waals surface area contributed by atoms with Gasteiger partial charge in [0.1, 0.15) is 6.29 Å². The molecule has 1 rings (SSSR count). The maximum Gasteiger partial charge on any atom is 0.150 e. The van der Waals surface area contributed by atoms with E-state index in [9.17, 15) is 4.79 Å². The SMILES string of the molecule is C=Cc1cc(Br)cc(C=O)c1. The minimum Gasteiger partial charge on any atom is -0.298 e. The first kappa shape index (κ1) is 8.21. The van der Waals surface area contributed by atoms with Crippen LogP contribution in [0.3, 0.4) is 0 Å². The van der Waals surface area contributed by atoms with Crippen LogP contribution in [-0.4, -0.2) is 6.29 Å². The number of benzene rings is 1. The van der Waals surface area contributed by atoms with E-state index in [2.05, 4.69) is 22.5 Å². The summed E-state index contributed by atoms with van der Waals surface area (Å²) in [6.45, 7) is 3.61. The van der Waals surface area contributed by atoms with E-state index in [0.29, 0.717) is 5.56 Å². The van der Waals surface area contributed by atoms with E-state index in [-0.39, 0.29) is 0 Å². The lowest BCUT2D eigenvalue weighted by atomic mass is 10.1. The first-order chi connectivity index (χ1) is 5.26. The van der Waals surface area contributed by atoms with Crippen molar-refractivity contribution in [3.8, 4) is 0 Å². The van der Waals surface area contributed by atoms with Crippen LogP contribution in [0.5, 0.6) is 0 Å². The summed E-state index contributed by atoms with van der Waals surface area (Å²) in [5, 5.41) is 0. The molecule has 0 fully saturated rings. The summed E-state index contributed by atoms with van der Waals surface area (Å²) in [6, 6.07) is 5.45. The maximum atomic E-state index is 10.4. The fourth-order valence-corrected chi connectivity index (χ4v) is 1.35. The van der Waals surface area contributed by atoms with Gasteiger partial charge in [0.25, 0.3) is 0 Å². The molecule has 11 heavy (non-hydrogen) atoms. The average Bonchev–Trinajstić information content (AvgIpc) is 2.03. The molecule has 0 aliphatic heterocycles. The predicted molar refractivity (Wildman–Crippen MR) is 49.6 cm³/mol. The van der Waals surface area contributed by atoms with E-state index in [1.165, 1.54) is 0 Å². The standard InChI is InChI=1S/C9H7BrO/c1-2-7-3-8(6-11)5-9(10)4-7/h2-6H,1H2. The van der Waals surface area contributed by atoms with Crippen LogP contribution in [-0.2, 0) is 0 Å². The average molecular weight is 211 g/mol. The topological polar surface area (TPSA) is 17.1 Å². The molecule has 56 valence electrons. The molecule has 0 unspecified atom stereocenters. The lowest BCUT2D eigenvalue weighted by molar-refractivity contribution is 0.112. The Morgan fingerprint density at radius 3 is 2.45 bits per heavy atom. The first-order valence-electron chi connectivity index (χ1n) is 3.14. The smallest absolute Gasteiger partial charge is 0.150 e. The second-order valence-electron chi connectivity index (χ2n) is 2.14. The van der Waals surface area contributed by atoms with E-state index in [1.54, 1.807) is 18.2 Å². The molecular weight excluding hydrogens is 204 g/mol. The van der Waals surface area contributed by atoms with E-state index in [0.717, 1.165) is 16.3 Å². The summed E-state index contributed by atoms with van der Waals surface area (Å²) in [7, 11) is 0. The second-order valence-corrected chi connectivity index (χ2v) is 3.06. The molecule has 0 bridgehead atoms. The van der Waals surface area contributed by atoms with Gasteiger partial charge in [0.05, 0.1) is 0 Å². The highest BCUT2D eigenvalue weighted by atomic mass is 79.9. The third kappa shape index (κ3) is 2.02. The highest BCUT2D eigenvalue weighted by molar-refractivity contribution is 9.10. The highest BCUT2D eigenvalue weighted by Crippen LogP contribution is 2.15.